The minimum Gasteiger partial charge on any atom is -0.497 e. The number of rotatable bonds is 7. The second-order valence-corrected chi connectivity index (χ2v) is 6.64. The van der Waals surface area contributed by atoms with E-state index in [-0.39, 0.29) is 23.7 Å². The number of para-hydroxylation sites is 1. The summed E-state index contributed by atoms with van der Waals surface area (Å²) >= 11 is 0. The molecule has 1 aliphatic rings. The Balaban J connectivity index is 1.42. The van der Waals surface area contributed by atoms with E-state index >= 15 is 0 Å². The molecule has 26 heavy (non-hydrogen) atoms. The van der Waals surface area contributed by atoms with E-state index in [0.29, 0.717) is 13.0 Å². The van der Waals surface area contributed by atoms with Crippen LogP contribution in [0.2, 0.25) is 0 Å². The van der Waals surface area contributed by atoms with Crippen LogP contribution >= 0.6 is 0 Å². The van der Waals surface area contributed by atoms with E-state index in [1.165, 1.54) is 0 Å². The Morgan fingerprint density at radius 2 is 1.73 bits per heavy atom. The maximum atomic E-state index is 12.3. The van der Waals surface area contributed by atoms with Gasteiger partial charge in [-0.2, -0.15) is 0 Å². The van der Waals surface area contributed by atoms with Crippen molar-refractivity contribution < 1.29 is 14.3 Å². The summed E-state index contributed by atoms with van der Waals surface area (Å²) in [7, 11) is 1.64. The number of amides is 2. The fourth-order valence-electron chi connectivity index (χ4n) is 2.97. The van der Waals surface area contributed by atoms with Crippen LogP contribution in [-0.4, -0.2) is 25.5 Å². The predicted molar refractivity (Wildman–Crippen MR) is 101 cm³/mol. The zero-order chi connectivity index (χ0) is 18.5. The Labute approximate surface area is 153 Å². The molecule has 2 amide bonds. The van der Waals surface area contributed by atoms with Gasteiger partial charge in [-0.15, -0.1) is 0 Å². The molecular weight excluding hydrogens is 328 g/mol. The number of carbonyl (C=O) groups excluding carboxylic acids is 2. The van der Waals surface area contributed by atoms with Gasteiger partial charge in [0.15, 0.2) is 0 Å². The smallest absolute Gasteiger partial charge is 0.228 e. The number of anilines is 1. The third-order valence-corrected chi connectivity index (χ3v) is 4.74. The first-order valence-electron chi connectivity index (χ1n) is 8.85. The summed E-state index contributed by atoms with van der Waals surface area (Å²) in [4.78, 5) is 24.5. The van der Waals surface area contributed by atoms with Crippen molar-refractivity contribution in [3.8, 4) is 5.75 Å². The van der Waals surface area contributed by atoms with Crippen molar-refractivity contribution in [3.05, 3.63) is 59.7 Å². The molecular formula is C21H24N2O3. The van der Waals surface area contributed by atoms with E-state index < -0.39 is 0 Å². The number of aryl methyl sites for hydroxylation is 1. The molecule has 0 aliphatic heterocycles. The molecule has 3 rings (SSSR count). The highest BCUT2D eigenvalue weighted by Gasteiger charge is 2.47. The van der Waals surface area contributed by atoms with E-state index in [2.05, 4.69) is 10.6 Å². The van der Waals surface area contributed by atoms with Crippen LogP contribution in [0.1, 0.15) is 17.5 Å². The lowest BCUT2D eigenvalue weighted by atomic mass is 10.1. The van der Waals surface area contributed by atoms with Gasteiger partial charge in [0, 0.05) is 12.2 Å². The third-order valence-electron chi connectivity index (χ3n) is 4.74. The number of ether oxygens (including phenoxy) is 1. The number of hydrogen-bond acceptors (Lipinski definition) is 3. The van der Waals surface area contributed by atoms with Gasteiger partial charge in [0.25, 0.3) is 0 Å². The maximum Gasteiger partial charge on any atom is 0.228 e. The van der Waals surface area contributed by atoms with Gasteiger partial charge in [0.05, 0.1) is 18.9 Å². The van der Waals surface area contributed by atoms with Crippen molar-refractivity contribution in [3.63, 3.8) is 0 Å². The number of methoxy groups -OCH3 is 1. The van der Waals surface area contributed by atoms with Gasteiger partial charge in [-0.05, 0) is 49.1 Å². The second kappa shape index (κ2) is 8.04. The van der Waals surface area contributed by atoms with Crippen molar-refractivity contribution in [2.24, 2.45) is 11.8 Å². The summed E-state index contributed by atoms with van der Waals surface area (Å²) in [6.07, 6.45) is 1.37. The number of benzene rings is 2. The topological polar surface area (TPSA) is 67.4 Å². The fraction of sp³-hybridized carbons (Fsp3) is 0.333. The highest BCUT2D eigenvalue weighted by atomic mass is 16.5. The molecule has 1 saturated carbocycles. The van der Waals surface area contributed by atoms with E-state index in [0.717, 1.165) is 29.0 Å². The first kappa shape index (κ1) is 18.0. The SMILES string of the molecule is COc1ccc(CCNC(=O)C2CC2C(=O)Nc2ccccc2C)cc1. The van der Waals surface area contributed by atoms with Crippen LogP contribution in [0.3, 0.4) is 0 Å². The lowest BCUT2D eigenvalue weighted by Gasteiger charge is -2.08. The second-order valence-electron chi connectivity index (χ2n) is 6.64. The zero-order valence-electron chi connectivity index (χ0n) is 15.1. The molecule has 2 aromatic carbocycles. The van der Waals surface area contributed by atoms with Crippen molar-refractivity contribution in [2.45, 2.75) is 19.8 Å². The maximum absolute atomic E-state index is 12.3. The van der Waals surface area contributed by atoms with Crippen LogP contribution in [0.25, 0.3) is 0 Å². The van der Waals surface area contributed by atoms with Crippen LogP contribution in [-0.2, 0) is 16.0 Å². The standard InChI is InChI=1S/C21H24N2O3/c1-14-5-3-4-6-19(14)23-21(25)18-13-17(18)20(24)22-12-11-15-7-9-16(26-2)10-8-15/h3-10,17-18H,11-13H2,1-2H3,(H,22,24)(H,23,25). The van der Waals surface area contributed by atoms with Gasteiger partial charge in [-0.25, -0.2) is 0 Å². The molecule has 0 radical (unpaired) electrons. The summed E-state index contributed by atoms with van der Waals surface area (Å²) in [5.41, 5.74) is 2.96. The normalized spacial score (nSPS) is 18.1. The van der Waals surface area contributed by atoms with Crippen molar-refractivity contribution in [2.75, 3.05) is 19.0 Å². The highest BCUT2D eigenvalue weighted by Crippen LogP contribution is 2.39. The molecule has 2 N–H and O–H groups in total. The van der Waals surface area contributed by atoms with Crippen LogP contribution in [0.4, 0.5) is 5.69 Å². The molecule has 2 unspecified atom stereocenters. The van der Waals surface area contributed by atoms with Gasteiger partial charge < -0.3 is 15.4 Å². The molecule has 136 valence electrons. The molecule has 0 saturated heterocycles. The van der Waals surface area contributed by atoms with Gasteiger partial charge >= 0.3 is 0 Å². The fourth-order valence-corrected chi connectivity index (χ4v) is 2.97. The molecule has 5 heteroatoms. The summed E-state index contributed by atoms with van der Waals surface area (Å²) in [6.45, 7) is 2.51. The summed E-state index contributed by atoms with van der Waals surface area (Å²) in [6, 6.07) is 15.4. The molecule has 1 aliphatic carbocycles. The van der Waals surface area contributed by atoms with E-state index in [4.69, 9.17) is 4.74 Å². The highest BCUT2D eigenvalue weighted by molar-refractivity contribution is 5.99. The first-order valence-corrected chi connectivity index (χ1v) is 8.85. The summed E-state index contributed by atoms with van der Waals surface area (Å²) in [5, 5.41) is 5.85. The van der Waals surface area contributed by atoms with E-state index in [9.17, 15) is 9.59 Å². The van der Waals surface area contributed by atoms with Crippen LogP contribution < -0.4 is 15.4 Å². The Morgan fingerprint density at radius 3 is 2.42 bits per heavy atom. The third kappa shape index (κ3) is 4.42. The lowest BCUT2D eigenvalue weighted by Crippen LogP contribution is -2.29. The summed E-state index contributed by atoms with van der Waals surface area (Å²) < 4.78 is 5.13. The van der Waals surface area contributed by atoms with Gasteiger partial charge in [-0.1, -0.05) is 30.3 Å². The molecule has 2 aromatic rings. The number of hydrogen-bond donors (Lipinski definition) is 2. The van der Waals surface area contributed by atoms with Gasteiger partial charge in [0.2, 0.25) is 11.8 Å². The minimum atomic E-state index is -0.226. The van der Waals surface area contributed by atoms with E-state index in [1.807, 2.05) is 55.5 Å². The van der Waals surface area contributed by atoms with Crippen molar-refractivity contribution in [1.82, 2.24) is 5.32 Å². The Morgan fingerprint density at radius 1 is 1.04 bits per heavy atom. The predicted octanol–water partition coefficient (Wildman–Crippen LogP) is 2.94. The van der Waals surface area contributed by atoms with E-state index in [1.54, 1.807) is 7.11 Å². The van der Waals surface area contributed by atoms with Gasteiger partial charge in [0.1, 0.15) is 5.75 Å². The molecule has 0 spiro atoms. The first-order chi connectivity index (χ1) is 12.6. The molecule has 2 atom stereocenters. The van der Waals surface area contributed by atoms with Crippen LogP contribution in [0.15, 0.2) is 48.5 Å². The minimum absolute atomic E-state index is 0.0385. The van der Waals surface area contributed by atoms with Crippen molar-refractivity contribution in [1.29, 1.82) is 0 Å². The molecule has 0 bridgehead atoms. The van der Waals surface area contributed by atoms with Gasteiger partial charge in [-0.3, -0.25) is 9.59 Å². The Hall–Kier alpha value is -2.82. The van der Waals surface area contributed by atoms with Crippen LogP contribution in [0, 0.1) is 18.8 Å². The Bertz CT molecular complexity index is 786. The largest absolute Gasteiger partial charge is 0.497 e. The monoisotopic (exact) mass is 352 g/mol. The molecule has 5 nitrogen and oxygen atoms in total. The molecule has 0 heterocycles. The molecule has 1 fully saturated rings. The van der Waals surface area contributed by atoms with Crippen LogP contribution in [0.5, 0.6) is 5.75 Å². The number of nitrogens with one attached hydrogen (secondary N) is 2. The summed E-state index contributed by atoms with van der Waals surface area (Å²) in [5.74, 6) is 0.266. The molecule has 0 aromatic heterocycles. The lowest BCUT2D eigenvalue weighted by molar-refractivity contribution is -0.125. The Kier molecular flexibility index (Phi) is 5.56. The quantitative estimate of drug-likeness (QED) is 0.805. The number of carbonyl (C=O) groups is 2. The average Bonchev–Trinajstić information content (AvgIpc) is 3.45. The zero-order valence-corrected chi connectivity index (χ0v) is 15.1. The average molecular weight is 352 g/mol. The van der Waals surface area contributed by atoms with Crippen molar-refractivity contribution >= 4 is 17.5 Å².